The molecule has 0 radical (unpaired) electrons. The predicted molar refractivity (Wildman–Crippen MR) is 96.1 cm³/mol. The topological polar surface area (TPSA) is 86.1 Å². The summed E-state index contributed by atoms with van der Waals surface area (Å²) in [5, 5.41) is 8.32. The molecule has 26 heavy (non-hydrogen) atoms. The molecule has 2 saturated carbocycles. The van der Waals surface area contributed by atoms with E-state index in [-0.39, 0.29) is 24.5 Å². The fraction of sp³-hybridized carbons (Fsp3) is 0.579. The van der Waals surface area contributed by atoms with Gasteiger partial charge in [-0.2, -0.15) is 5.10 Å². The number of aromatic nitrogens is 3. The minimum absolute atomic E-state index is 0.0628. The molecule has 0 bridgehead atoms. The van der Waals surface area contributed by atoms with Gasteiger partial charge in [-0.1, -0.05) is 0 Å². The average Bonchev–Trinajstić information content (AvgIpc) is 3.50. The number of esters is 1. The second-order valence-corrected chi connectivity index (χ2v) is 7.60. The Kier molecular flexibility index (Phi) is 4.17. The van der Waals surface area contributed by atoms with E-state index in [9.17, 15) is 9.59 Å². The van der Waals surface area contributed by atoms with Crippen molar-refractivity contribution in [3.8, 4) is 0 Å². The van der Waals surface area contributed by atoms with Crippen LogP contribution in [0.3, 0.4) is 0 Å². The van der Waals surface area contributed by atoms with Gasteiger partial charge in [0.2, 0.25) is 5.91 Å². The third kappa shape index (κ3) is 3.18. The van der Waals surface area contributed by atoms with E-state index in [2.05, 4.69) is 10.4 Å². The predicted octanol–water partition coefficient (Wildman–Crippen LogP) is 2.50. The molecule has 2 fully saturated rings. The monoisotopic (exact) mass is 356 g/mol. The van der Waals surface area contributed by atoms with Crippen LogP contribution in [0.1, 0.15) is 73.1 Å². The number of hydrogen-bond acceptors (Lipinski definition) is 5. The fourth-order valence-corrected chi connectivity index (χ4v) is 3.33. The molecule has 0 spiro atoms. The highest BCUT2D eigenvalue weighted by Gasteiger charge is 2.34. The molecule has 2 aliphatic rings. The number of carbonyl (C=O) groups excluding carboxylic acids is 2. The van der Waals surface area contributed by atoms with Gasteiger partial charge in [0.25, 0.3) is 0 Å². The van der Waals surface area contributed by atoms with Gasteiger partial charge in [-0.25, -0.2) is 14.5 Å². The molecule has 1 N–H and O–H groups in total. The van der Waals surface area contributed by atoms with Crippen LogP contribution in [0, 0.1) is 0 Å². The third-order valence-corrected chi connectivity index (χ3v) is 4.86. The van der Waals surface area contributed by atoms with Crippen molar-refractivity contribution in [1.29, 1.82) is 0 Å². The van der Waals surface area contributed by atoms with Crippen LogP contribution in [-0.2, 0) is 16.1 Å². The van der Waals surface area contributed by atoms with Gasteiger partial charge in [0, 0.05) is 23.6 Å². The lowest BCUT2D eigenvalue weighted by atomic mass is 10.1. The second kappa shape index (κ2) is 6.37. The molecule has 4 rings (SSSR count). The number of carbonyl (C=O) groups is 2. The average molecular weight is 356 g/mol. The number of ether oxygens (including phenoxy) is 1. The third-order valence-electron chi connectivity index (χ3n) is 4.86. The van der Waals surface area contributed by atoms with Crippen molar-refractivity contribution in [3.63, 3.8) is 0 Å². The summed E-state index contributed by atoms with van der Waals surface area (Å²) >= 11 is 0. The van der Waals surface area contributed by atoms with E-state index in [0.29, 0.717) is 23.0 Å². The van der Waals surface area contributed by atoms with Crippen molar-refractivity contribution in [1.82, 2.24) is 20.1 Å². The number of nitrogens with zero attached hydrogens (tertiary/aromatic N) is 3. The summed E-state index contributed by atoms with van der Waals surface area (Å²) in [6, 6.07) is 1.92. The summed E-state index contributed by atoms with van der Waals surface area (Å²) < 4.78 is 6.67. The van der Waals surface area contributed by atoms with Crippen molar-refractivity contribution in [2.75, 3.05) is 7.11 Å². The number of rotatable bonds is 6. The van der Waals surface area contributed by atoms with Crippen LogP contribution in [0.15, 0.2) is 6.07 Å². The molecule has 2 aromatic rings. The Balaban J connectivity index is 1.85. The molecule has 7 nitrogen and oxygen atoms in total. The van der Waals surface area contributed by atoms with E-state index in [4.69, 9.17) is 9.72 Å². The van der Waals surface area contributed by atoms with Crippen LogP contribution < -0.4 is 5.32 Å². The van der Waals surface area contributed by atoms with E-state index in [0.717, 1.165) is 42.5 Å². The van der Waals surface area contributed by atoms with Gasteiger partial charge in [0.05, 0.1) is 23.8 Å². The van der Waals surface area contributed by atoms with Crippen LogP contribution in [0.4, 0.5) is 0 Å². The summed E-state index contributed by atoms with van der Waals surface area (Å²) in [5.41, 5.74) is 2.91. The molecule has 2 heterocycles. The Morgan fingerprint density at radius 3 is 2.54 bits per heavy atom. The van der Waals surface area contributed by atoms with E-state index >= 15 is 0 Å². The Morgan fingerprint density at radius 1 is 1.27 bits per heavy atom. The maximum atomic E-state index is 12.4. The molecule has 1 amide bonds. The van der Waals surface area contributed by atoms with Gasteiger partial charge < -0.3 is 10.1 Å². The Hall–Kier alpha value is -2.44. The number of fused-ring (bicyclic) bond motifs is 1. The normalized spacial score (nSPS) is 16.9. The highest BCUT2D eigenvalue weighted by molar-refractivity contribution is 6.04. The number of hydrogen-bond donors (Lipinski definition) is 1. The molecular formula is C19H24N4O3. The number of methoxy groups -OCH3 is 1. The van der Waals surface area contributed by atoms with Crippen molar-refractivity contribution < 1.29 is 14.3 Å². The van der Waals surface area contributed by atoms with Gasteiger partial charge in [-0.3, -0.25) is 4.79 Å². The zero-order chi connectivity index (χ0) is 18.4. The molecule has 2 aliphatic carbocycles. The molecule has 7 heteroatoms. The zero-order valence-corrected chi connectivity index (χ0v) is 15.4. The van der Waals surface area contributed by atoms with Gasteiger partial charge in [-0.15, -0.1) is 0 Å². The number of amides is 1. The van der Waals surface area contributed by atoms with Crippen LogP contribution in [-0.4, -0.2) is 39.8 Å². The Morgan fingerprint density at radius 2 is 1.96 bits per heavy atom. The number of nitrogens with one attached hydrogen (secondary N) is 1. The smallest absolute Gasteiger partial charge is 0.338 e. The first kappa shape index (κ1) is 17.0. The van der Waals surface area contributed by atoms with Crippen molar-refractivity contribution in [2.45, 2.75) is 64.0 Å². The van der Waals surface area contributed by atoms with Crippen LogP contribution in [0.25, 0.3) is 11.0 Å². The number of pyridine rings is 1. The van der Waals surface area contributed by atoms with E-state index < -0.39 is 0 Å². The van der Waals surface area contributed by atoms with Gasteiger partial charge in [0.1, 0.15) is 6.54 Å². The minimum atomic E-state index is -0.368. The Bertz CT molecular complexity index is 879. The maximum Gasteiger partial charge on any atom is 0.338 e. The molecule has 0 unspecified atom stereocenters. The lowest BCUT2D eigenvalue weighted by Gasteiger charge is -2.09. The summed E-state index contributed by atoms with van der Waals surface area (Å²) in [6.45, 7) is 3.95. The summed E-state index contributed by atoms with van der Waals surface area (Å²) in [6.07, 6.45) is 4.26. The minimum Gasteiger partial charge on any atom is -0.465 e. The van der Waals surface area contributed by atoms with Crippen molar-refractivity contribution in [2.24, 2.45) is 0 Å². The standard InChI is InChI=1S/C19H24N4O3/c1-10(2)20-15(24)9-23-18-16(17(22-23)12-6-7-12)13(19(25)26-3)8-14(21-18)11-4-5-11/h8,10-12H,4-7,9H2,1-3H3,(H,20,24). The molecule has 0 aliphatic heterocycles. The molecule has 0 aromatic carbocycles. The maximum absolute atomic E-state index is 12.4. The van der Waals surface area contributed by atoms with Crippen molar-refractivity contribution >= 4 is 22.9 Å². The molecule has 0 saturated heterocycles. The lowest BCUT2D eigenvalue weighted by Crippen LogP contribution is -2.33. The SMILES string of the molecule is COC(=O)c1cc(C2CC2)nc2c1c(C1CC1)nn2CC(=O)NC(C)C. The zero-order valence-electron chi connectivity index (χ0n) is 15.4. The van der Waals surface area contributed by atoms with Crippen LogP contribution in [0.2, 0.25) is 0 Å². The summed E-state index contributed by atoms with van der Waals surface area (Å²) in [7, 11) is 1.39. The van der Waals surface area contributed by atoms with Crippen molar-refractivity contribution in [3.05, 3.63) is 23.0 Å². The first-order valence-corrected chi connectivity index (χ1v) is 9.27. The highest BCUT2D eigenvalue weighted by atomic mass is 16.5. The first-order chi connectivity index (χ1) is 12.5. The quantitative estimate of drug-likeness (QED) is 0.804. The van der Waals surface area contributed by atoms with Gasteiger partial charge in [0.15, 0.2) is 5.65 Å². The Labute approximate surface area is 152 Å². The highest BCUT2D eigenvalue weighted by Crippen LogP contribution is 2.45. The van der Waals surface area contributed by atoms with Crippen LogP contribution >= 0.6 is 0 Å². The summed E-state index contributed by atoms with van der Waals surface area (Å²) in [5.74, 6) is 0.251. The van der Waals surface area contributed by atoms with E-state index in [1.807, 2.05) is 19.9 Å². The largest absolute Gasteiger partial charge is 0.465 e. The lowest BCUT2D eigenvalue weighted by molar-refractivity contribution is -0.122. The summed E-state index contributed by atoms with van der Waals surface area (Å²) in [4.78, 5) is 29.5. The van der Waals surface area contributed by atoms with Gasteiger partial charge >= 0.3 is 5.97 Å². The second-order valence-electron chi connectivity index (χ2n) is 7.60. The molecule has 2 aromatic heterocycles. The van der Waals surface area contributed by atoms with Crippen LogP contribution in [0.5, 0.6) is 0 Å². The van der Waals surface area contributed by atoms with E-state index in [1.54, 1.807) is 4.68 Å². The molecular weight excluding hydrogens is 332 g/mol. The molecule has 138 valence electrons. The van der Waals surface area contributed by atoms with Gasteiger partial charge in [-0.05, 0) is 45.6 Å². The van der Waals surface area contributed by atoms with E-state index in [1.165, 1.54) is 7.11 Å². The fourth-order valence-electron chi connectivity index (χ4n) is 3.33. The molecule has 0 atom stereocenters. The first-order valence-electron chi connectivity index (χ1n) is 9.27.